The summed E-state index contributed by atoms with van der Waals surface area (Å²) in [5, 5.41) is 7.08. The second-order valence-corrected chi connectivity index (χ2v) is 9.01. The van der Waals surface area contributed by atoms with Crippen LogP contribution in [0.25, 0.3) is 0 Å². The van der Waals surface area contributed by atoms with Gasteiger partial charge in [0.05, 0.1) is 31.0 Å². The molecule has 9 heteroatoms. The lowest BCUT2D eigenvalue weighted by Gasteiger charge is -2.34. The molecule has 1 unspecified atom stereocenters. The molecule has 1 aliphatic carbocycles. The number of morpholine rings is 1. The monoisotopic (exact) mass is 468 g/mol. The van der Waals surface area contributed by atoms with E-state index in [1.807, 2.05) is 24.3 Å². The summed E-state index contributed by atoms with van der Waals surface area (Å²) in [7, 11) is 1.65. The molecule has 6 N–H and O–H groups in total. The van der Waals surface area contributed by atoms with Crippen molar-refractivity contribution in [1.82, 2.24) is 5.32 Å². The molecule has 1 saturated heterocycles. The quantitative estimate of drug-likeness (QED) is 0.481. The third-order valence-corrected chi connectivity index (χ3v) is 6.55. The number of benzene rings is 2. The van der Waals surface area contributed by atoms with Crippen molar-refractivity contribution in [1.29, 1.82) is 0 Å². The second-order valence-electron chi connectivity index (χ2n) is 8.60. The highest BCUT2D eigenvalue weighted by atomic mass is 35.5. The Bertz CT molecular complexity index is 1110. The minimum absolute atomic E-state index is 0.423. The van der Waals surface area contributed by atoms with E-state index in [0.29, 0.717) is 28.2 Å². The Morgan fingerprint density at radius 1 is 1.21 bits per heavy atom. The van der Waals surface area contributed by atoms with Gasteiger partial charge in [0.2, 0.25) is 5.79 Å². The number of anilines is 3. The molecule has 1 atom stereocenters. The number of allylic oxidation sites excluding steroid dienone is 1. The highest BCUT2D eigenvalue weighted by molar-refractivity contribution is 6.40. The van der Waals surface area contributed by atoms with Gasteiger partial charge >= 0.3 is 0 Å². The molecule has 2 aliphatic heterocycles. The van der Waals surface area contributed by atoms with E-state index in [1.54, 1.807) is 13.3 Å². The van der Waals surface area contributed by atoms with Crippen molar-refractivity contribution in [2.75, 3.05) is 49.4 Å². The lowest BCUT2D eigenvalue weighted by atomic mass is 9.96. The van der Waals surface area contributed by atoms with Crippen molar-refractivity contribution in [3.05, 3.63) is 58.4 Å². The highest BCUT2D eigenvalue weighted by Gasteiger charge is 2.37. The zero-order valence-electron chi connectivity index (χ0n) is 18.6. The average molecular weight is 469 g/mol. The first-order valence-electron chi connectivity index (χ1n) is 11.2. The Labute approximate surface area is 198 Å². The van der Waals surface area contributed by atoms with Gasteiger partial charge in [-0.25, -0.2) is 4.99 Å². The lowest BCUT2D eigenvalue weighted by molar-refractivity contribution is 0.122. The molecule has 0 bridgehead atoms. The number of nitrogens with two attached hydrogens (primary N) is 2. The minimum atomic E-state index is -1.19. The van der Waals surface area contributed by atoms with Gasteiger partial charge in [0.1, 0.15) is 11.6 Å². The normalized spacial score (nSPS) is 22.8. The predicted octanol–water partition coefficient (Wildman–Crippen LogP) is 3.25. The summed E-state index contributed by atoms with van der Waals surface area (Å²) in [5.41, 5.74) is 17.4. The fraction of sp³-hybridized carbons (Fsp3) is 0.375. The van der Waals surface area contributed by atoms with Gasteiger partial charge in [0, 0.05) is 42.3 Å². The van der Waals surface area contributed by atoms with Crippen molar-refractivity contribution in [2.24, 2.45) is 10.7 Å². The van der Waals surface area contributed by atoms with Crippen LogP contribution in [0.3, 0.4) is 0 Å². The Kier molecular flexibility index (Phi) is 5.82. The Morgan fingerprint density at radius 3 is 2.73 bits per heavy atom. The molecule has 8 nitrogen and oxygen atoms in total. The zero-order chi connectivity index (χ0) is 23.0. The van der Waals surface area contributed by atoms with E-state index in [0.717, 1.165) is 56.1 Å². The number of hydrogen-bond donors (Lipinski definition) is 4. The molecule has 0 radical (unpaired) electrons. The first-order valence-corrected chi connectivity index (χ1v) is 11.5. The number of nitrogens with one attached hydrogen (secondary N) is 2. The molecule has 2 aromatic carbocycles. The summed E-state index contributed by atoms with van der Waals surface area (Å²) in [6.45, 7) is 3.15. The van der Waals surface area contributed by atoms with E-state index in [-0.39, 0.29) is 0 Å². The molecule has 0 aromatic heterocycles. The molecule has 1 saturated carbocycles. The fourth-order valence-corrected chi connectivity index (χ4v) is 4.47. The minimum Gasteiger partial charge on any atom is -0.494 e. The topological polar surface area (TPSA) is 110 Å². The SMILES string of the molecule is COc1cc(N2CCOCC2)ccc1NC1=C(Cl)C=NC(N)(c2cc(N)ccc2C2CC2)N1. The third kappa shape index (κ3) is 4.46. The second kappa shape index (κ2) is 8.78. The van der Waals surface area contributed by atoms with Crippen LogP contribution in [-0.4, -0.2) is 39.6 Å². The summed E-state index contributed by atoms with van der Waals surface area (Å²) >= 11 is 6.50. The van der Waals surface area contributed by atoms with Crippen LogP contribution in [0.5, 0.6) is 5.75 Å². The van der Waals surface area contributed by atoms with Crippen molar-refractivity contribution in [3.8, 4) is 5.75 Å². The third-order valence-electron chi connectivity index (χ3n) is 6.26. The summed E-state index contributed by atoms with van der Waals surface area (Å²) < 4.78 is 11.1. The van der Waals surface area contributed by atoms with Gasteiger partial charge in [-0.05, 0) is 48.6 Å². The highest BCUT2D eigenvalue weighted by Crippen LogP contribution is 2.44. The van der Waals surface area contributed by atoms with Gasteiger partial charge < -0.3 is 30.7 Å². The van der Waals surface area contributed by atoms with Gasteiger partial charge in [-0.2, -0.15) is 0 Å². The van der Waals surface area contributed by atoms with Gasteiger partial charge in [-0.3, -0.25) is 5.73 Å². The van der Waals surface area contributed by atoms with Crippen molar-refractivity contribution in [2.45, 2.75) is 24.5 Å². The molecule has 174 valence electrons. The van der Waals surface area contributed by atoms with E-state index in [2.05, 4.69) is 32.7 Å². The maximum Gasteiger partial charge on any atom is 0.210 e. The van der Waals surface area contributed by atoms with Crippen LogP contribution in [0.4, 0.5) is 17.1 Å². The van der Waals surface area contributed by atoms with E-state index >= 15 is 0 Å². The number of nitrogens with zero attached hydrogens (tertiary/aromatic N) is 2. The van der Waals surface area contributed by atoms with E-state index < -0.39 is 5.79 Å². The molecular weight excluding hydrogens is 440 g/mol. The number of halogens is 1. The first-order chi connectivity index (χ1) is 16.0. The van der Waals surface area contributed by atoms with Crippen molar-refractivity contribution < 1.29 is 9.47 Å². The predicted molar refractivity (Wildman–Crippen MR) is 133 cm³/mol. The van der Waals surface area contributed by atoms with Gasteiger partial charge in [0.25, 0.3) is 0 Å². The van der Waals surface area contributed by atoms with Crippen LogP contribution < -0.4 is 31.7 Å². The Balaban J connectivity index is 1.41. The summed E-state index contributed by atoms with van der Waals surface area (Å²) in [6.07, 6.45) is 3.87. The maximum atomic E-state index is 6.77. The van der Waals surface area contributed by atoms with Gasteiger partial charge in [-0.1, -0.05) is 17.7 Å². The van der Waals surface area contributed by atoms with Crippen LogP contribution in [0.1, 0.15) is 29.9 Å². The molecule has 0 amide bonds. The molecule has 5 rings (SSSR count). The average Bonchev–Trinajstić information content (AvgIpc) is 3.68. The van der Waals surface area contributed by atoms with Crippen LogP contribution >= 0.6 is 11.6 Å². The van der Waals surface area contributed by atoms with E-state index in [1.165, 1.54) is 5.56 Å². The number of hydrogen-bond acceptors (Lipinski definition) is 8. The van der Waals surface area contributed by atoms with Crippen LogP contribution in [0, 0.1) is 0 Å². The smallest absolute Gasteiger partial charge is 0.210 e. The molecular formula is C24H29ClN6O2. The number of rotatable bonds is 6. The molecule has 2 aromatic rings. The Morgan fingerprint density at radius 2 is 2.00 bits per heavy atom. The number of methoxy groups -OCH3 is 1. The molecule has 2 heterocycles. The van der Waals surface area contributed by atoms with Gasteiger partial charge in [0.15, 0.2) is 0 Å². The van der Waals surface area contributed by atoms with Crippen LogP contribution in [0.15, 0.2) is 52.2 Å². The zero-order valence-corrected chi connectivity index (χ0v) is 19.4. The molecule has 3 aliphatic rings. The fourth-order valence-electron chi connectivity index (χ4n) is 4.32. The van der Waals surface area contributed by atoms with Crippen LogP contribution in [0.2, 0.25) is 0 Å². The molecule has 0 spiro atoms. The maximum absolute atomic E-state index is 6.77. The largest absolute Gasteiger partial charge is 0.494 e. The summed E-state index contributed by atoms with van der Waals surface area (Å²) in [4.78, 5) is 6.82. The summed E-state index contributed by atoms with van der Waals surface area (Å²) in [5.74, 6) is 0.555. The number of aliphatic imine (C=N–C) groups is 1. The summed E-state index contributed by atoms with van der Waals surface area (Å²) in [6, 6.07) is 11.9. The van der Waals surface area contributed by atoms with Crippen molar-refractivity contribution >= 4 is 34.9 Å². The van der Waals surface area contributed by atoms with Gasteiger partial charge in [-0.15, -0.1) is 0 Å². The molecule has 33 heavy (non-hydrogen) atoms. The lowest BCUT2D eigenvalue weighted by Crippen LogP contribution is -2.52. The van der Waals surface area contributed by atoms with Crippen LogP contribution in [-0.2, 0) is 10.5 Å². The Hall–Kier alpha value is -2.94. The van der Waals surface area contributed by atoms with E-state index in [9.17, 15) is 0 Å². The van der Waals surface area contributed by atoms with Crippen molar-refractivity contribution in [3.63, 3.8) is 0 Å². The van der Waals surface area contributed by atoms with E-state index in [4.69, 9.17) is 32.5 Å². The first kappa shape index (κ1) is 21.9. The standard InChI is InChI=1S/C24H29ClN6O2/c1-32-22-13-17(31-8-10-33-11-9-31)5-7-21(22)29-23-20(25)14-28-24(27,30-23)19-12-16(26)4-6-18(19)15-2-3-15/h4-7,12-15,29-30H,2-3,8-11,26-27H2,1H3. The molecule has 2 fully saturated rings. The number of nitrogen functional groups attached to an aromatic ring is 1. The number of ether oxygens (including phenoxy) is 2.